The van der Waals surface area contributed by atoms with Crippen LogP contribution in [-0.4, -0.2) is 18.4 Å². The number of halogens is 1. The van der Waals surface area contributed by atoms with E-state index in [0.717, 1.165) is 29.8 Å². The number of nitrogens with one attached hydrogen (secondary N) is 2. The van der Waals surface area contributed by atoms with E-state index in [1.54, 1.807) is 0 Å². The summed E-state index contributed by atoms with van der Waals surface area (Å²) in [6.07, 6.45) is 3.36. The van der Waals surface area contributed by atoms with Crippen LogP contribution in [0.3, 0.4) is 0 Å². The van der Waals surface area contributed by atoms with Gasteiger partial charge in [-0.3, -0.25) is 9.59 Å². The van der Waals surface area contributed by atoms with Crippen molar-refractivity contribution in [3.8, 4) is 0 Å². The highest BCUT2D eigenvalue weighted by atomic mass is 35.5. The lowest BCUT2D eigenvalue weighted by Gasteiger charge is -2.10. The van der Waals surface area contributed by atoms with Crippen LogP contribution in [0.4, 0.5) is 11.4 Å². The van der Waals surface area contributed by atoms with Gasteiger partial charge in [0.1, 0.15) is 0 Å². The molecule has 0 aliphatic carbocycles. The molecule has 5 nitrogen and oxygen atoms in total. The average molecular weight is 298 g/mol. The lowest BCUT2D eigenvalue weighted by atomic mass is 10.1. The summed E-state index contributed by atoms with van der Waals surface area (Å²) in [5.41, 5.74) is 8.07. The van der Waals surface area contributed by atoms with Crippen molar-refractivity contribution >= 4 is 35.6 Å². The number of benzene rings is 1. The zero-order valence-electron chi connectivity index (χ0n) is 11.3. The van der Waals surface area contributed by atoms with Gasteiger partial charge in [0.05, 0.1) is 0 Å². The fraction of sp³-hybridized carbons (Fsp3) is 0.429. The maximum Gasteiger partial charge on any atom is 0.224 e. The van der Waals surface area contributed by atoms with E-state index in [2.05, 4.69) is 10.6 Å². The molecule has 4 N–H and O–H groups in total. The van der Waals surface area contributed by atoms with Gasteiger partial charge in [-0.15, -0.1) is 12.4 Å². The Morgan fingerprint density at radius 1 is 1.35 bits per heavy atom. The second kappa shape index (κ2) is 7.87. The first-order valence-corrected chi connectivity index (χ1v) is 6.62. The van der Waals surface area contributed by atoms with Crippen LogP contribution in [0.15, 0.2) is 18.2 Å². The normalized spacial score (nSPS) is 13.6. The van der Waals surface area contributed by atoms with Crippen LogP contribution in [0.2, 0.25) is 0 Å². The number of carbonyl (C=O) groups excluding carboxylic acids is 2. The summed E-state index contributed by atoms with van der Waals surface area (Å²) in [7, 11) is 0. The lowest BCUT2D eigenvalue weighted by Crippen LogP contribution is -2.14. The predicted octanol–water partition coefficient (Wildman–Crippen LogP) is 2.06. The van der Waals surface area contributed by atoms with Crippen LogP contribution < -0.4 is 16.4 Å². The SMILES string of the molecule is Cl.NCCCC(=O)Nc1ccc2c(c1)CCCC(=O)N2. The molecule has 1 aliphatic rings. The standard InChI is InChI=1S/C14H19N3O2.ClH/c15-8-2-5-13(18)16-11-6-7-12-10(9-11)3-1-4-14(19)17-12;/h6-7,9H,1-5,8,15H2,(H,16,18)(H,17,19);1H. The number of hydrogen-bond acceptors (Lipinski definition) is 3. The fourth-order valence-electron chi connectivity index (χ4n) is 2.14. The molecule has 0 fully saturated rings. The molecule has 110 valence electrons. The summed E-state index contributed by atoms with van der Waals surface area (Å²) >= 11 is 0. The third kappa shape index (κ3) is 4.51. The van der Waals surface area contributed by atoms with Crippen molar-refractivity contribution in [2.45, 2.75) is 32.1 Å². The van der Waals surface area contributed by atoms with E-state index >= 15 is 0 Å². The molecular formula is C14H20ClN3O2. The Bertz CT molecular complexity index is 491. The number of carbonyl (C=O) groups is 2. The molecule has 0 radical (unpaired) electrons. The summed E-state index contributed by atoms with van der Waals surface area (Å²) in [4.78, 5) is 23.1. The number of amides is 2. The van der Waals surface area contributed by atoms with Gasteiger partial charge in [-0.05, 0) is 49.6 Å². The number of aryl methyl sites for hydroxylation is 1. The van der Waals surface area contributed by atoms with Gasteiger partial charge < -0.3 is 16.4 Å². The highest BCUT2D eigenvalue weighted by Crippen LogP contribution is 2.25. The monoisotopic (exact) mass is 297 g/mol. The Hall–Kier alpha value is -1.59. The molecule has 0 saturated heterocycles. The molecule has 0 bridgehead atoms. The van der Waals surface area contributed by atoms with Gasteiger partial charge in [-0.1, -0.05) is 0 Å². The molecule has 1 aromatic rings. The number of anilines is 2. The van der Waals surface area contributed by atoms with Crippen LogP contribution in [0.1, 0.15) is 31.2 Å². The molecule has 0 atom stereocenters. The first-order valence-electron chi connectivity index (χ1n) is 6.62. The van der Waals surface area contributed by atoms with E-state index in [1.165, 1.54) is 0 Å². The zero-order valence-corrected chi connectivity index (χ0v) is 12.1. The van der Waals surface area contributed by atoms with Gasteiger partial charge >= 0.3 is 0 Å². The van der Waals surface area contributed by atoms with Gasteiger partial charge in [-0.2, -0.15) is 0 Å². The number of hydrogen-bond donors (Lipinski definition) is 3. The van der Waals surface area contributed by atoms with Gasteiger partial charge in [0.25, 0.3) is 0 Å². The highest BCUT2D eigenvalue weighted by molar-refractivity contribution is 5.94. The minimum Gasteiger partial charge on any atom is -0.330 e. The minimum atomic E-state index is -0.0249. The van der Waals surface area contributed by atoms with Crippen molar-refractivity contribution in [2.24, 2.45) is 5.73 Å². The van der Waals surface area contributed by atoms with E-state index < -0.39 is 0 Å². The van der Waals surface area contributed by atoms with Crippen LogP contribution in [0.25, 0.3) is 0 Å². The largest absolute Gasteiger partial charge is 0.330 e. The third-order valence-corrected chi connectivity index (χ3v) is 3.12. The molecule has 0 saturated carbocycles. The topological polar surface area (TPSA) is 84.2 Å². The Kier molecular flexibility index (Phi) is 6.48. The predicted molar refractivity (Wildman–Crippen MR) is 82.2 cm³/mol. The van der Waals surface area contributed by atoms with Crippen LogP contribution in [-0.2, 0) is 16.0 Å². The van der Waals surface area contributed by atoms with E-state index in [1.807, 2.05) is 18.2 Å². The minimum absolute atomic E-state index is 0. The van der Waals surface area contributed by atoms with Crippen molar-refractivity contribution in [2.75, 3.05) is 17.2 Å². The second-order valence-corrected chi connectivity index (χ2v) is 4.71. The van der Waals surface area contributed by atoms with Crippen molar-refractivity contribution < 1.29 is 9.59 Å². The molecule has 0 spiro atoms. The molecule has 2 rings (SSSR count). The zero-order chi connectivity index (χ0) is 13.7. The summed E-state index contributed by atoms with van der Waals surface area (Å²) < 4.78 is 0. The fourth-order valence-corrected chi connectivity index (χ4v) is 2.14. The number of rotatable bonds is 4. The molecule has 1 aliphatic heterocycles. The molecule has 0 aromatic heterocycles. The van der Waals surface area contributed by atoms with Gasteiger partial charge in [0, 0.05) is 24.2 Å². The number of nitrogens with two attached hydrogens (primary N) is 1. The molecular weight excluding hydrogens is 278 g/mol. The maximum atomic E-state index is 11.6. The van der Waals surface area contributed by atoms with Crippen LogP contribution >= 0.6 is 12.4 Å². The maximum absolute atomic E-state index is 11.6. The quantitative estimate of drug-likeness (QED) is 0.795. The molecule has 1 heterocycles. The Morgan fingerprint density at radius 3 is 2.90 bits per heavy atom. The Morgan fingerprint density at radius 2 is 2.15 bits per heavy atom. The molecule has 6 heteroatoms. The summed E-state index contributed by atoms with van der Waals surface area (Å²) in [6, 6.07) is 5.59. The lowest BCUT2D eigenvalue weighted by molar-refractivity contribution is -0.117. The average Bonchev–Trinajstić information content (AvgIpc) is 2.57. The smallest absolute Gasteiger partial charge is 0.224 e. The molecule has 0 unspecified atom stereocenters. The van der Waals surface area contributed by atoms with E-state index in [4.69, 9.17) is 5.73 Å². The Balaban J connectivity index is 0.00000200. The molecule has 20 heavy (non-hydrogen) atoms. The first-order chi connectivity index (χ1) is 9.19. The number of fused-ring (bicyclic) bond motifs is 1. The summed E-state index contributed by atoms with van der Waals surface area (Å²) in [6.45, 7) is 0.517. The highest BCUT2D eigenvalue weighted by Gasteiger charge is 2.13. The van der Waals surface area contributed by atoms with Gasteiger partial charge in [0.15, 0.2) is 0 Å². The van der Waals surface area contributed by atoms with Gasteiger partial charge in [0.2, 0.25) is 11.8 Å². The third-order valence-electron chi connectivity index (χ3n) is 3.12. The van der Waals surface area contributed by atoms with Crippen molar-refractivity contribution in [3.05, 3.63) is 23.8 Å². The van der Waals surface area contributed by atoms with Crippen LogP contribution in [0, 0.1) is 0 Å². The molecule has 2 amide bonds. The van der Waals surface area contributed by atoms with Crippen molar-refractivity contribution in [3.63, 3.8) is 0 Å². The van der Waals surface area contributed by atoms with E-state index in [9.17, 15) is 9.59 Å². The van der Waals surface area contributed by atoms with E-state index in [-0.39, 0.29) is 24.2 Å². The van der Waals surface area contributed by atoms with Crippen molar-refractivity contribution in [1.29, 1.82) is 0 Å². The Labute approximate surface area is 124 Å². The van der Waals surface area contributed by atoms with E-state index in [0.29, 0.717) is 25.8 Å². The summed E-state index contributed by atoms with van der Waals surface area (Å²) in [5.74, 6) is 0.0292. The second-order valence-electron chi connectivity index (χ2n) is 4.71. The van der Waals surface area contributed by atoms with Gasteiger partial charge in [-0.25, -0.2) is 0 Å². The van der Waals surface area contributed by atoms with Crippen LogP contribution in [0.5, 0.6) is 0 Å². The molecule has 1 aromatic carbocycles. The first kappa shape index (κ1) is 16.5. The summed E-state index contributed by atoms with van der Waals surface area (Å²) in [5, 5.41) is 5.72. The van der Waals surface area contributed by atoms with Crippen molar-refractivity contribution in [1.82, 2.24) is 0 Å².